The lowest BCUT2D eigenvalue weighted by Crippen LogP contribution is -2.55. The van der Waals surface area contributed by atoms with Crippen molar-refractivity contribution in [1.82, 2.24) is 20.9 Å². The maximum absolute atomic E-state index is 12.2. The molecule has 152 valence electrons. The van der Waals surface area contributed by atoms with E-state index in [0.717, 1.165) is 49.6 Å². The number of nitrogens with zero attached hydrogens (tertiary/aromatic N) is 2. The molecule has 3 rings (SSSR count). The molecule has 1 unspecified atom stereocenters. The summed E-state index contributed by atoms with van der Waals surface area (Å²) in [5.74, 6) is 0.708. The fraction of sp³-hybridized carbons (Fsp3) is 0.550. The Morgan fingerprint density at radius 3 is 2.64 bits per heavy atom. The van der Waals surface area contributed by atoms with Gasteiger partial charge in [0.05, 0.1) is 13.2 Å². The van der Waals surface area contributed by atoms with Crippen LogP contribution >= 0.6 is 0 Å². The molecular formula is C20H29N5O3. The number of aliphatic hydroxyl groups excluding tert-OH is 1. The van der Waals surface area contributed by atoms with Crippen molar-refractivity contribution in [3.05, 3.63) is 35.4 Å². The zero-order chi connectivity index (χ0) is 20.1. The zero-order valence-corrected chi connectivity index (χ0v) is 16.5. The fourth-order valence-electron chi connectivity index (χ4n) is 3.93. The first kappa shape index (κ1) is 20.1. The first-order valence-corrected chi connectivity index (χ1v) is 9.81. The number of likely N-dealkylation sites (tertiary alicyclic amines) is 1. The highest BCUT2D eigenvalue weighted by Gasteiger charge is 2.48. The highest BCUT2D eigenvalue weighted by atomic mass is 16.3. The average Bonchev–Trinajstić information content (AvgIpc) is 2.98. The maximum Gasteiger partial charge on any atom is 0.322 e. The molecule has 1 atom stereocenters. The topological polar surface area (TPSA) is 106 Å². The predicted molar refractivity (Wildman–Crippen MR) is 107 cm³/mol. The number of carbonyl (C=O) groups is 2. The van der Waals surface area contributed by atoms with Crippen LogP contribution < -0.4 is 16.0 Å². The molecule has 2 aliphatic rings. The van der Waals surface area contributed by atoms with Gasteiger partial charge in [-0.05, 0) is 43.7 Å². The lowest BCUT2D eigenvalue weighted by molar-refractivity contribution is -0.125. The van der Waals surface area contributed by atoms with E-state index in [0.29, 0.717) is 6.54 Å². The van der Waals surface area contributed by atoms with Crippen molar-refractivity contribution < 1.29 is 14.7 Å². The summed E-state index contributed by atoms with van der Waals surface area (Å²) in [4.78, 5) is 30.7. The van der Waals surface area contributed by atoms with Crippen LogP contribution in [0.5, 0.6) is 0 Å². The molecule has 1 aromatic carbocycles. The third-order valence-corrected chi connectivity index (χ3v) is 5.60. The Labute approximate surface area is 165 Å². The molecule has 2 saturated heterocycles. The van der Waals surface area contributed by atoms with Crippen molar-refractivity contribution in [2.75, 3.05) is 19.6 Å². The number of imide groups is 1. The van der Waals surface area contributed by atoms with E-state index >= 15 is 0 Å². The van der Waals surface area contributed by atoms with E-state index in [9.17, 15) is 14.7 Å². The molecule has 2 fully saturated rings. The van der Waals surface area contributed by atoms with Crippen molar-refractivity contribution in [3.8, 4) is 0 Å². The molecular weight excluding hydrogens is 358 g/mol. The molecule has 2 heterocycles. The number of guanidine groups is 1. The van der Waals surface area contributed by atoms with Gasteiger partial charge in [-0.1, -0.05) is 24.3 Å². The summed E-state index contributed by atoms with van der Waals surface area (Å²) in [6.07, 6.45) is 1.60. The van der Waals surface area contributed by atoms with E-state index < -0.39 is 11.6 Å². The van der Waals surface area contributed by atoms with Gasteiger partial charge in [-0.15, -0.1) is 0 Å². The highest BCUT2D eigenvalue weighted by molar-refractivity contribution is 6.07. The smallest absolute Gasteiger partial charge is 0.322 e. The third kappa shape index (κ3) is 4.27. The van der Waals surface area contributed by atoms with E-state index in [1.165, 1.54) is 0 Å². The molecule has 0 radical (unpaired) electrons. The van der Waals surface area contributed by atoms with E-state index in [1.54, 1.807) is 6.92 Å². The molecule has 1 aromatic rings. The number of rotatable bonds is 5. The largest absolute Gasteiger partial charge is 0.392 e. The van der Waals surface area contributed by atoms with Gasteiger partial charge in [-0.2, -0.15) is 0 Å². The van der Waals surface area contributed by atoms with Crippen LogP contribution in [-0.2, 0) is 17.9 Å². The third-order valence-electron chi connectivity index (χ3n) is 5.60. The number of benzene rings is 1. The summed E-state index contributed by atoms with van der Waals surface area (Å²) in [5, 5.41) is 17.8. The van der Waals surface area contributed by atoms with Gasteiger partial charge in [0.15, 0.2) is 5.96 Å². The standard InChI is InChI=1S/C20H29N5O3/c1-3-21-18(22-12-14-5-4-6-15(11-14)13-26)25-9-7-16(8-10-25)20(2)17(27)23-19(28)24-20/h4-6,11,16,26H,3,7-10,12-13H2,1-2H3,(H,21,22)(H2,23,24,27,28). The summed E-state index contributed by atoms with van der Waals surface area (Å²) >= 11 is 0. The lowest BCUT2D eigenvalue weighted by Gasteiger charge is -2.39. The van der Waals surface area contributed by atoms with Crippen LogP contribution in [0.25, 0.3) is 0 Å². The second-order valence-corrected chi connectivity index (χ2v) is 7.52. The SMILES string of the molecule is CCNC(=NCc1cccc(CO)c1)N1CCC(C2(C)NC(=O)NC2=O)CC1. The number of piperidine rings is 1. The van der Waals surface area contributed by atoms with E-state index in [2.05, 4.69) is 20.9 Å². The van der Waals surface area contributed by atoms with Crippen molar-refractivity contribution in [2.24, 2.45) is 10.9 Å². The van der Waals surface area contributed by atoms with Crippen molar-refractivity contribution in [2.45, 2.75) is 45.4 Å². The van der Waals surface area contributed by atoms with Crippen LogP contribution in [-0.4, -0.2) is 53.1 Å². The number of carbonyl (C=O) groups excluding carboxylic acids is 2. The van der Waals surface area contributed by atoms with Gasteiger partial charge in [0.25, 0.3) is 5.91 Å². The van der Waals surface area contributed by atoms with Crippen LogP contribution in [0.3, 0.4) is 0 Å². The molecule has 8 nitrogen and oxygen atoms in total. The van der Waals surface area contributed by atoms with E-state index in [1.807, 2.05) is 31.2 Å². The normalized spacial score (nSPS) is 23.5. The number of urea groups is 1. The van der Waals surface area contributed by atoms with Crippen LogP contribution in [0.4, 0.5) is 4.79 Å². The molecule has 0 aromatic heterocycles. The van der Waals surface area contributed by atoms with Gasteiger partial charge >= 0.3 is 6.03 Å². The first-order chi connectivity index (χ1) is 13.5. The van der Waals surface area contributed by atoms with Crippen LogP contribution in [0.1, 0.15) is 37.8 Å². The monoisotopic (exact) mass is 387 g/mol. The second-order valence-electron chi connectivity index (χ2n) is 7.52. The Balaban J connectivity index is 1.64. The van der Waals surface area contributed by atoms with Crippen LogP contribution in [0, 0.1) is 5.92 Å². The molecule has 28 heavy (non-hydrogen) atoms. The minimum absolute atomic E-state index is 0.0218. The summed E-state index contributed by atoms with van der Waals surface area (Å²) in [6.45, 7) is 6.71. The molecule has 0 spiro atoms. The lowest BCUT2D eigenvalue weighted by atomic mass is 9.79. The molecule has 0 saturated carbocycles. The van der Waals surface area contributed by atoms with Crippen molar-refractivity contribution >= 4 is 17.9 Å². The molecule has 8 heteroatoms. The number of aliphatic hydroxyl groups is 1. The van der Waals surface area contributed by atoms with Gasteiger partial charge in [0.1, 0.15) is 5.54 Å². The second kappa shape index (κ2) is 8.60. The number of aliphatic imine (C=N–C) groups is 1. The predicted octanol–water partition coefficient (Wildman–Crippen LogP) is 0.955. The number of nitrogens with one attached hydrogen (secondary N) is 3. The number of amides is 3. The average molecular weight is 387 g/mol. The van der Waals surface area contributed by atoms with Crippen molar-refractivity contribution in [1.29, 1.82) is 0 Å². The summed E-state index contributed by atoms with van der Waals surface area (Å²) in [5.41, 5.74) is 1.10. The van der Waals surface area contributed by atoms with Crippen LogP contribution in [0.2, 0.25) is 0 Å². The molecule has 0 bridgehead atoms. The van der Waals surface area contributed by atoms with E-state index in [-0.39, 0.29) is 18.4 Å². The number of hydrogen-bond acceptors (Lipinski definition) is 4. The molecule has 2 aliphatic heterocycles. The zero-order valence-electron chi connectivity index (χ0n) is 16.5. The quantitative estimate of drug-likeness (QED) is 0.342. The summed E-state index contributed by atoms with van der Waals surface area (Å²) in [6, 6.07) is 7.37. The van der Waals surface area contributed by atoms with Gasteiger partial charge in [-0.3, -0.25) is 10.1 Å². The van der Waals surface area contributed by atoms with Gasteiger partial charge < -0.3 is 20.6 Å². The fourth-order valence-corrected chi connectivity index (χ4v) is 3.93. The van der Waals surface area contributed by atoms with Crippen LogP contribution in [0.15, 0.2) is 29.3 Å². The van der Waals surface area contributed by atoms with Gasteiger partial charge in [0, 0.05) is 19.6 Å². The minimum atomic E-state index is -0.830. The highest BCUT2D eigenvalue weighted by Crippen LogP contribution is 2.30. The Morgan fingerprint density at radius 2 is 2.04 bits per heavy atom. The summed E-state index contributed by atoms with van der Waals surface area (Å²) < 4.78 is 0. The number of hydrogen-bond donors (Lipinski definition) is 4. The Hall–Kier alpha value is -2.61. The molecule has 0 aliphatic carbocycles. The Bertz CT molecular complexity index is 758. The maximum atomic E-state index is 12.2. The Morgan fingerprint density at radius 1 is 1.32 bits per heavy atom. The Kier molecular flexibility index (Phi) is 6.18. The van der Waals surface area contributed by atoms with Gasteiger partial charge in [0.2, 0.25) is 0 Å². The minimum Gasteiger partial charge on any atom is -0.392 e. The summed E-state index contributed by atoms with van der Waals surface area (Å²) in [7, 11) is 0. The first-order valence-electron chi connectivity index (χ1n) is 9.81. The molecule has 4 N–H and O–H groups in total. The van der Waals surface area contributed by atoms with Crippen molar-refractivity contribution in [3.63, 3.8) is 0 Å². The molecule has 3 amide bonds. The van der Waals surface area contributed by atoms with Gasteiger partial charge in [-0.25, -0.2) is 9.79 Å². The van der Waals surface area contributed by atoms with E-state index in [4.69, 9.17) is 4.99 Å².